The summed E-state index contributed by atoms with van der Waals surface area (Å²) in [6.45, 7) is 3.93. The van der Waals surface area contributed by atoms with Crippen molar-refractivity contribution < 1.29 is 0 Å². The van der Waals surface area contributed by atoms with E-state index in [0.717, 1.165) is 0 Å². The molecular formula is C8H8. The molecule has 0 N–H and O–H groups in total. The van der Waals surface area contributed by atoms with Gasteiger partial charge in [-0.1, -0.05) is 12.7 Å². The normalized spacial score (nSPS) is 23.8. The molecule has 0 radical (unpaired) electrons. The predicted molar refractivity (Wildman–Crippen MR) is 34.5 cm³/mol. The van der Waals surface area contributed by atoms with Crippen LogP contribution in [0.25, 0.3) is 0 Å². The van der Waals surface area contributed by atoms with Crippen molar-refractivity contribution in [2.75, 3.05) is 0 Å². The molecule has 2 rings (SSSR count). The largest absolute Gasteiger partial charge is 0.0952 e. The molecule has 0 spiro atoms. The van der Waals surface area contributed by atoms with Crippen LogP contribution in [0, 0.1) is 0 Å². The van der Waals surface area contributed by atoms with Gasteiger partial charge in [-0.05, 0) is 35.6 Å². The fraction of sp³-hybridized carbons (Fsp3) is 0.250. The summed E-state index contributed by atoms with van der Waals surface area (Å²) in [5, 5.41) is 0. The predicted octanol–water partition coefficient (Wildman–Crippen LogP) is 2.20. The summed E-state index contributed by atoms with van der Waals surface area (Å²) < 4.78 is 0. The Hall–Kier alpha value is -0.780. The molecule has 0 unspecified atom stereocenters. The van der Waals surface area contributed by atoms with Crippen molar-refractivity contribution in [3.8, 4) is 0 Å². The van der Waals surface area contributed by atoms with Gasteiger partial charge in [0, 0.05) is 0 Å². The molecule has 0 aromatic rings. The van der Waals surface area contributed by atoms with Crippen LogP contribution >= 0.6 is 0 Å². The molecule has 0 saturated heterocycles. The second kappa shape index (κ2) is 1.13. The molecule has 2 aliphatic carbocycles. The first-order valence-electron chi connectivity index (χ1n) is 2.98. The summed E-state index contributed by atoms with van der Waals surface area (Å²) in [6, 6.07) is 0. The highest BCUT2D eigenvalue weighted by atomic mass is 14.3. The van der Waals surface area contributed by atoms with Crippen molar-refractivity contribution >= 4 is 0 Å². The highest BCUT2D eigenvalue weighted by Gasteiger charge is 2.21. The summed E-state index contributed by atoms with van der Waals surface area (Å²) in [7, 11) is 0. The second-order valence-electron chi connectivity index (χ2n) is 2.36. The van der Waals surface area contributed by atoms with E-state index in [2.05, 4.69) is 18.7 Å². The number of allylic oxidation sites excluding steroid dienone is 5. The van der Waals surface area contributed by atoms with Crippen molar-refractivity contribution in [1.29, 1.82) is 0 Å². The van der Waals surface area contributed by atoms with E-state index in [1.54, 1.807) is 0 Å². The van der Waals surface area contributed by atoms with E-state index in [4.69, 9.17) is 0 Å². The van der Waals surface area contributed by atoms with Gasteiger partial charge in [0.2, 0.25) is 0 Å². The summed E-state index contributed by atoms with van der Waals surface area (Å²) in [6.07, 6.45) is 6.86. The van der Waals surface area contributed by atoms with Crippen molar-refractivity contribution in [1.82, 2.24) is 0 Å². The van der Waals surface area contributed by atoms with E-state index in [-0.39, 0.29) is 0 Å². The minimum Gasteiger partial charge on any atom is -0.0952 e. The topological polar surface area (TPSA) is 0 Å². The number of hydrogen-bond donors (Lipinski definition) is 0. The van der Waals surface area contributed by atoms with Crippen molar-refractivity contribution in [3.05, 3.63) is 35.5 Å². The molecule has 0 amide bonds. The monoisotopic (exact) mass is 104 g/mol. The van der Waals surface area contributed by atoms with E-state index in [1.807, 2.05) is 0 Å². The second-order valence-corrected chi connectivity index (χ2v) is 2.36. The molecule has 0 heterocycles. The molecule has 0 saturated carbocycles. The fourth-order valence-corrected chi connectivity index (χ4v) is 1.13. The van der Waals surface area contributed by atoms with Gasteiger partial charge in [0.05, 0.1) is 0 Å². The Bertz CT molecular complexity index is 204. The van der Waals surface area contributed by atoms with E-state index in [0.29, 0.717) is 0 Å². The highest BCUT2D eigenvalue weighted by Crippen LogP contribution is 2.39. The third kappa shape index (κ3) is 0.401. The van der Waals surface area contributed by atoms with Crippen LogP contribution in [-0.4, -0.2) is 0 Å². The summed E-state index contributed by atoms with van der Waals surface area (Å²) in [5.41, 5.74) is 4.21. The van der Waals surface area contributed by atoms with Gasteiger partial charge in [0.25, 0.3) is 0 Å². The molecule has 0 bridgehead atoms. The van der Waals surface area contributed by atoms with Crippen LogP contribution in [0.2, 0.25) is 0 Å². The average molecular weight is 104 g/mol. The van der Waals surface area contributed by atoms with E-state index in [9.17, 15) is 0 Å². The average Bonchev–Trinajstić information content (AvgIpc) is 2.45. The van der Waals surface area contributed by atoms with Gasteiger partial charge >= 0.3 is 0 Å². The first kappa shape index (κ1) is 4.13. The van der Waals surface area contributed by atoms with Gasteiger partial charge in [-0.15, -0.1) is 0 Å². The van der Waals surface area contributed by atoms with Crippen molar-refractivity contribution in [3.63, 3.8) is 0 Å². The van der Waals surface area contributed by atoms with Crippen LogP contribution in [-0.2, 0) is 0 Å². The first-order chi connectivity index (χ1) is 3.88. The zero-order valence-electron chi connectivity index (χ0n) is 4.78. The van der Waals surface area contributed by atoms with Gasteiger partial charge in [-0.2, -0.15) is 0 Å². The van der Waals surface area contributed by atoms with Gasteiger partial charge in [0.15, 0.2) is 0 Å². The Morgan fingerprint density at radius 2 is 2.38 bits per heavy atom. The molecule has 0 fully saturated rings. The Labute approximate surface area is 49.2 Å². The summed E-state index contributed by atoms with van der Waals surface area (Å²) in [5.74, 6) is 0. The molecule has 0 aromatic heterocycles. The zero-order chi connectivity index (χ0) is 5.56. The van der Waals surface area contributed by atoms with Crippen LogP contribution in [0.15, 0.2) is 35.5 Å². The Balaban J connectivity index is 2.38. The number of hydrogen-bond acceptors (Lipinski definition) is 0. The number of rotatable bonds is 0. The van der Waals surface area contributed by atoms with Crippen LogP contribution in [0.5, 0.6) is 0 Å². The maximum atomic E-state index is 3.93. The third-order valence-corrected chi connectivity index (χ3v) is 1.72. The molecule has 0 heteroatoms. The lowest BCUT2D eigenvalue weighted by atomic mass is 10.0. The van der Waals surface area contributed by atoms with E-state index in [1.165, 1.54) is 29.6 Å². The summed E-state index contributed by atoms with van der Waals surface area (Å²) in [4.78, 5) is 0. The molecule has 8 heavy (non-hydrogen) atoms. The molecule has 0 aliphatic heterocycles. The molecule has 0 atom stereocenters. The van der Waals surface area contributed by atoms with Gasteiger partial charge in [-0.3, -0.25) is 0 Å². The standard InChI is InChI=1S/C8H8/c1-6-3-2-4-7-5-8(6)7/h4-5H,1-3H2. The SMILES string of the molecule is C=C1CCC=C2C=C12. The fourth-order valence-electron chi connectivity index (χ4n) is 1.13. The minimum atomic E-state index is 1.18. The maximum Gasteiger partial charge on any atom is -0.0155 e. The Morgan fingerprint density at radius 1 is 1.50 bits per heavy atom. The lowest BCUT2D eigenvalue weighted by Crippen LogP contribution is -1.82. The van der Waals surface area contributed by atoms with Crippen molar-refractivity contribution in [2.24, 2.45) is 0 Å². The third-order valence-electron chi connectivity index (χ3n) is 1.72. The lowest BCUT2D eigenvalue weighted by molar-refractivity contribution is 0.984. The van der Waals surface area contributed by atoms with E-state index >= 15 is 0 Å². The molecule has 0 nitrogen and oxygen atoms in total. The molecule has 40 valence electrons. The van der Waals surface area contributed by atoms with Crippen LogP contribution < -0.4 is 0 Å². The van der Waals surface area contributed by atoms with E-state index < -0.39 is 0 Å². The Morgan fingerprint density at radius 3 is 3.00 bits per heavy atom. The quantitative estimate of drug-likeness (QED) is 0.442. The zero-order valence-corrected chi connectivity index (χ0v) is 4.78. The smallest absolute Gasteiger partial charge is 0.0155 e. The van der Waals surface area contributed by atoms with Crippen molar-refractivity contribution in [2.45, 2.75) is 12.8 Å². The maximum absolute atomic E-state index is 3.93. The van der Waals surface area contributed by atoms with Gasteiger partial charge in [0.1, 0.15) is 0 Å². The highest BCUT2D eigenvalue weighted by molar-refractivity contribution is 5.68. The Kier molecular flexibility index (Phi) is 0.587. The first-order valence-corrected chi connectivity index (χ1v) is 2.98. The molecule has 0 aromatic carbocycles. The minimum absolute atomic E-state index is 1.18. The summed E-state index contributed by atoms with van der Waals surface area (Å²) >= 11 is 0. The lowest BCUT2D eigenvalue weighted by Gasteiger charge is -2.01. The number of fused-ring (bicyclic) bond motifs is 1. The van der Waals surface area contributed by atoms with Crippen LogP contribution in [0.1, 0.15) is 12.8 Å². The van der Waals surface area contributed by atoms with Crippen LogP contribution in [0.4, 0.5) is 0 Å². The van der Waals surface area contributed by atoms with Gasteiger partial charge in [-0.25, -0.2) is 0 Å². The molecule has 2 aliphatic rings. The van der Waals surface area contributed by atoms with Gasteiger partial charge < -0.3 is 0 Å². The molecular weight excluding hydrogens is 96.1 g/mol. The van der Waals surface area contributed by atoms with Crippen LogP contribution in [0.3, 0.4) is 0 Å².